The van der Waals surface area contributed by atoms with Gasteiger partial charge in [0.15, 0.2) is 0 Å². The molecule has 162 valence electrons. The van der Waals surface area contributed by atoms with Crippen LogP contribution in [0.2, 0.25) is 0 Å². The van der Waals surface area contributed by atoms with Crippen LogP contribution in [0.1, 0.15) is 21.5 Å². The van der Waals surface area contributed by atoms with Gasteiger partial charge in [-0.25, -0.2) is 4.98 Å². The molecular formula is C27H26N2O3. The Labute approximate surface area is 188 Å². The van der Waals surface area contributed by atoms with E-state index in [4.69, 9.17) is 14.5 Å². The summed E-state index contributed by atoms with van der Waals surface area (Å²) in [7, 11) is 3.29. The quantitative estimate of drug-likeness (QED) is 0.441. The maximum absolute atomic E-state index is 13.3. The highest BCUT2D eigenvalue weighted by atomic mass is 16.5. The Morgan fingerprint density at radius 1 is 0.875 bits per heavy atom. The Hall–Kier alpha value is -3.86. The van der Waals surface area contributed by atoms with Crippen LogP contribution < -0.4 is 14.8 Å². The lowest BCUT2D eigenvalue weighted by molar-refractivity contribution is 0.0955. The van der Waals surface area contributed by atoms with Crippen LogP contribution in [0.15, 0.2) is 72.8 Å². The molecule has 0 bridgehead atoms. The number of methoxy groups -OCH3 is 2. The summed E-state index contributed by atoms with van der Waals surface area (Å²) < 4.78 is 10.5. The molecule has 0 aliphatic carbocycles. The van der Waals surface area contributed by atoms with E-state index in [1.807, 2.05) is 79.7 Å². The van der Waals surface area contributed by atoms with Gasteiger partial charge in [0.1, 0.15) is 11.5 Å². The van der Waals surface area contributed by atoms with Crippen LogP contribution in [0.5, 0.6) is 11.5 Å². The highest BCUT2D eigenvalue weighted by Crippen LogP contribution is 2.30. The van der Waals surface area contributed by atoms with Crippen molar-refractivity contribution < 1.29 is 14.3 Å². The summed E-state index contributed by atoms with van der Waals surface area (Å²) in [4.78, 5) is 18.1. The third kappa shape index (κ3) is 4.42. The van der Waals surface area contributed by atoms with Crippen molar-refractivity contribution in [3.63, 3.8) is 0 Å². The highest BCUT2D eigenvalue weighted by Gasteiger charge is 2.18. The summed E-state index contributed by atoms with van der Waals surface area (Å²) >= 11 is 0. The van der Waals surface area contributed by atoms with Crippen molar-refractivity contribution in [1.29, 1.82) is 0 Å². The Kier molecular flexibility index (Phi) is 6.36. The molecule has 0 aliphatic heterocycles. The minimum atomic E-state index is -0.0932. The second-order valence-corrected chi connectivity index (χ2v) is 7.56. The number of carbonyl (C=O) groups is 1. The lowest BCUT2D eigenvalue weighted by atomic mass is 9.97. The fraction of sp³-hybridized carbons (Fsp3) is 0.185. The van der Waals surface area contributed by atoms with E-state index in [2.05, 4.69) is 5.32 Å². The Bertz CT molecular complexity index is 1230. The standard InChI is InChI=1S/C27H26N2O3/c1-18-25(27(30)28-17-16-19-8-12-21(31-2)13-9-19)23-6-4-5-7-24(23)29-26(18)20-10-14-22(32-3)15-11-20/h4-15H,16-17H2,1-3H3,(H,28,30). The van der Waals surface area contributed by atoms with E-state index in [9.17, 15) is 4.79 Å². The third-order valence-electron chi connectivity index (χ3n) is 5.58. The molecule has 0 radical (unpaired) electrons. The molecule has 0 saturated heterocycles. The number of hydrogen-bond donors (Lipinski definition) is 1. The molecule has 1 amide bonds. The van der Waals surface area contributed by atoms with Gasteiger partial charge in [0.05, 0.1) is 31.0 Å². The predicted octanol–water partition coefficient (Wildman–Crippen LogP) is 5.20. The van der Waals surface area contributed by atoms with Gasteiger partial charge in [-0.1, -0.05) is 30.3 Å². The molecule has 3 aromatic carbocycles. The number of carbonyl (C=O) groups excluding carboxylic acids is 1. The number of benzene rings is 3. The van der Waals surface area contributed by atoms with Crippen molar-refractivity contribution in [1.82, 2.24) is 10.3 Å². The molecule has 0 fully saturated rings. The van der Waals surface area contributed by atoms with Crippen molar-refractivity contribution in [2.75, 3.05) is 20.8 Å². The van der Waals surface area contributed by atoms with Crippen LogP contribution in [-0.2, 0) is 6.42 Å². The normalized spacial score (nSPS) is 10.7. The summed E-state index contributed by atoms with van der Waals surface area (Å²) in [6.07, 6.45) is 0.739. The first kappa shape index (κ1) is 21.4. The lowest BCUT2D eigenvalue weighted by Crippen LogP contribution is -2.27. The average molecular weight is 427 g/mol. The number of amides is 1. The zero-order valence-corrected chi connectivity index (χ0v) is 18.5. The first-order chi connectivity index (χ1) is 15.6. The topological polar surface area (TPSA) is 60.5 Å². The molecule has 0 spiro atoms. The molecule has 5 heteroatoms. The second-order valence-electron chi connectivity index (χ2n) is 7.56. The Balaban J connectivity index is 1.62. The maximum Gasteiger partial charge on any atom is 0.252 e. The molecular weight excluding hydrogens is 400 g/mol. The van der Waals surface area contributed by atoms with Gasteiger partial charge in [-0.3, -0.25) is 4.79 Å². The number of nitrogens with one attached hydrogen (secondary N) is 1. The van der Waals surface area contributed by atoms with Gasteiger partial charge in [-0.05, 0) is 66.9 Å². The number of ether oxygens (including phenoxy) is 2. The van der Waals surface area contributed by atoms with E-state index in [-0.39, 0.29) is 5.91 Å². The number of hydrogen-bond acceptors (Lipinski definition) is 4. The summed E-state index contributed by atoms with van der Waals surface area (Å²) in [5, 5.41) is 3.94. The predicted molar refractivity (Wildman–Crippen MR) is 127 cm³/mol. The molecule has 32 heavy (non-hydrogen) atoms. The van der Waals surface area contributed by atoms with Gasteiger partial charge in [0, 0.05) is 17.5 Å². The first-order valence-electron chi connectivity index (χ1n) is 10.6. The zero-order chi connectivity index (χ0) is 22.5. The van der Waals surface area contributed by atoms with Gasteiger partial charge in [0.2, 0.25) is 0 Å². The fourth-order valence-electron chi connectivity index (χ4n) is 3.83. The molecule has 1 heterocycles. The molecule has 1 N–H and O–H groups in total. The first-order valence-corrected chi connectivity index (χ1v) is 10.6. The van der Waals surface area contributed by atoms with E-state index >= 15 is 0 Å². The molecule has 0 aliphatic rings. The summed E-state index contributed by atoms with van der Waals surface area (Å²) in [5.74, 6) is 1.51. The van der Waals surface area contributed by atoms with E-state index < -0.39 is 0 Å². The number of fused-ring (bicyclic) bond motifs is 1. The molecule has 1 aromatic heterocycles. The summed E-state index contributed by atoms with van der Waals surface area (Å²) in [5.41, 5.74) is 5.20. The monoisotopic (exact) mass is 426 g/mol. The summed E-state index contributed by atoms with van der Waals surface area (Å²) in [6, 6.07) is 23.4. The molecule has 5 nitrogen and oxygen atoms in total. The zero-order valence-electron chi connectivity index (χ0n) is 18.5. The SMILES string of the molecule is COc1ccc(CCNC(=O)c2c(C)c(-c3ccc(OC)cc3)nc3ccccc23)cc1. The van der Waals surface area contributed by atoms with Crippen LogP contribution in [0, 0.1) is 6.92 Å². The second kappa shape index (κ2) is 9.52. The van der Waals surface area contributed by atoms with Gasteiger partial charge in [-0.2, -0.15) is 0 Å². The molecule has 0 saturated carbocycles. The smallest absolute Gasteiger partial charge is 0.252 e. The third-order valence-corrected chi connectivity index (χ3v) is 5.58. The van der Waals surface area contributed by atoms with E-state index in [0.29, 0.717) is 12.1 Å². The van der Waals surface area contributed by atoms with Crippen LogP contribution in [0.4, 0.5) is 0 Å². The van der Waals surface area contributed by atoms with Gasteiger partial charge in [-0.15, -0.1) is 0 Å². The average Bonchev–Trinajstić information content (AvgIpc) is 2.84. The van der Waals surface area contributed by atoms with Crippen molar-refractivity contribution in [2.24, 2.45) is 0 Å². The van der Waals surface area contributed by atoms with Crippen molar-refractivity contribution >= 4 is 16.8 Å². The number of rotatable bonds is 7. The molecule has 0 atom stereocenters. The lowest BCUT2D eigenvalue weighted by Gasteiger charge is -2.15. The van der Waals surface area contributed by atoms with E-state index in [1.54, 1.807) is 14.2 Å². The molecule has 0 unspecified atom stereocenters. The molecule has 4 rings (SSSR count). The number of aromatic nitrogens is 1. The van der Waals surface area contributed by atoms with Crippen molar-refractivity contribution in [3.8, 4) is 22.8 Å². The van der Waals surface area contributed by atoms with E-state index in [1.165, 1.54) is 0 Å². The van der Waals surface area contributed by atoms with Crippen LogP contribution >= 0.6 is 0 Å². The van der Waals surface area contributed by atoms with Crippen LogP contribution in [-0.4, -0.2) is 31.7 Å². The Morgan fingerprint density at radius 2 is 1.50 bits per heavy atom. The Morgan fingerprint density at radius 3 is 2.16 bits per heavy atom. The number of pyridine rings is 1. The number of para-hydroxylation sites is 1. The van der Waals surface area contributed by atoms with Gasteiger partial charge >= 0.3 is 0 Å². The van der Waals surface area contributed by atoms with E-state index in [0.717, 1.165) is 51.2 Å². The largest absolute Gasteiger partial charge is 0.497 e. The van der Waals surface area contributed by atoms with Gasteiger partial charge < -0.3 is 14.8 Å². The fourth-order valence-corrected chi connectivity index (χ4v) is 3.83. The maximum atomic E-state index is 13.3. The molecule has 4 aromatic rings. The van der Waals surface area contributed by atoms with Crippen LogP contribution in [0.25, 0.3) is 22.2 Å². The summed E-state index contributed by atoms with van der Waals surface area (Å²) in [6.45, 7) is 2.50. The van der Waals surface area contributed by atoms with Gasteiger partial charge in [0.25, 0.3) is 5.91 Å². The number of nitrogens with zero attached hydrogens (tertiary/aromatic N) is 1. The van der Waals surface area contributed by atoms with Crippen LogP contribution in [0.3, 0.4) is 0 Å². The minimum Gasteiger partial charge on any atom is -0.497 e. The van der Waals surface area contributed by atoms with Crippen molar-refractivity contribution in [2.45, 2.75) is 13.3 Å². The highest BCUT2D eigenvalue weighted by molar-refractivity contribution is 6.08. The van der Waals surface area contributed by atoms with Crippen molar-refractivity contribution in [3.05, 3.63) is 89.5 Å². The minimum absolute atomic E-state index is 0.0932.